The summed E-state index contributed by atoms with van der Waals surface area (Å²) in [7, 11) is 0. The Balaban J connectivity index is 1.79. The van der Waals surface area contributed by atoms with Gasteiger partial charge in [0.2, 0.25) is 0 Å². The lowest BCUT2D eigenvalue weighted by Crippen LogP contribution is -2.40. The third kappa shape index (κ3) is 3.79. The highest BCUT2D eigenvalue weighted by Crippen LogP contribution is 2.25. The maximum Gasteiger partial charge on any atom is 0.303 e. The van der Waals surface area contributed by atoms with E-state index in [1.807, 2.05) is 47.6 Å². The van der Waals surface area contributed by atoms with Crippen LogP contribution < -0.4 is 0 Å². The lowest BCUT2D eigenvalue weighted by atomic mass is 9.93. The Morgan fingerprint density at radius 1 is 1.31 bits per heavy atom. The molecule has 0 saturated carbocycles. The normalized spacial score (nSPS) is 17.3. The minimum atomic E-state index is -0.771. The average molecular weight is 355 g/mol. The zero-order chi connectivity index (χ0) is 18.7. The summed E-state index contributed by atoms with van der Waals surface area (Å²) < 4.78 is 2.00. The highest BCUT2D eigenvalue weighted by molar-refractivity contribution is 5.96. The Kier molecular flexibility index (Phi) is 5.40. The predicted molar refractivity (Wildman–Crippen MR) is 98.5 cm³/mol. The van der Waals surface area contributed by atoms with Gasteiger partial charge < -0.3 is 14.6 Å². The second-order valence-corrected chi connectivity index (χ2v) is 7.00. The van der Waals surface area contributed by atoms with Gasteiger partial charge in [0.15, 0.2) is 0 Å². The molecule has 26 heavy (non-hydrogen) atoms. The predicted octanol–water partition coefficient (Wildman–Crippen LogP) is 3.21. The van der Waals surface area contributed by atoms with Crippen LogP contribution in [0, 0.1) is 19.8 Å². The van der Waals surface area contributed by atoms with Crippen molar-refractivity contribution in [1.82, 2.24) is 14.5 Å². The zero-order valence-corrected chi connectivity index (χ0v) is 15.3. The molecule has 0 bridgehead atoms. The molecule has 1 unspecified atom stereocenters. The molecule has 6 nitrogen and oxygen atoms in total. The summed E-state index contributed by atoms with van der Waals surface area (Å²) in [6.07, 6.45) is 4.46. The average Bonchev–Trinajstić information content (AvgIpc) is 2.94. The van der Waals surface area contributed by atoms with E-state index in [0.717, 1.165) is 36.6 Å². The molecule has 0 spiro atoms. The first-order valence-corrected chi connectivity index (χ1v) is 9.08. The summed E-state index contributed by atoms with van der Waals surface area (Å²) in [5.74, 6) is 0.329. The Morgan fingerprint density at radius 3 is 2.81 bits per heavy atom. The number of carbonyl (C=O) groups is 2. The van der Waals surface area contributed by atoms with Crippen LogP contribution in [-0.4, -0.2) is 44.5 Å². The molecule has 1 aliphatic heterocycles. The first-order chi connectivity index (χ1) is 12.5. The first kappa shape index (κ1) is 18.2. The maximum absolute atomic E-state index is 13.1. The van der Waals surface area contributed by atoms with Crippen LogP contribution in [0.25, 0.3) is 5.82 Å². The Bertz CT molecular complexity index is 798. The van der Waals surface area contributed by atoms with Gasteiger partial charge in [-0.1, -0.05) is 6.07 Å². The fraction of sp³-hybridized carbons (Fsp3) is 0.450. The standard InChI is InChI=1S/C20H25N3O3/c1-14-12-17(15(2)23(14)18-7-3-4-10-21-18)20(26)22-11-5-6-16(13-22)8-9-19(24)25/h3-4,7,10,12,16H,5-6,8-9,11,13H2,1-2H3,(H,24,25). The topological polar surface area (TPSA) is 75.4 Å². The van der Waals surface area contributed by atoms with Gasteiger partial charge in [0.05, 0.1) is 5.56 Å². The van der Waals surface area contributed by atoms with Crippen LogP contribution in [0.5, 0.6) is 0 Å². The lowest BCUT2D eigenvalue weighted by Gasteiger charge is -2.32. The minimum absolute atomic E-state index is 0.0281. The van der Waals surface area contributed by atoms with Crippen molar-refractivity contribution >= 4 is 11.9 Å². The number of likely N-dealkylation sites (tertiary alicyclic amines) is 1. The van der Waals surface area contributed by atoms with E-state index < -0.39 is 5.97 Å². The Hall–Kier alpha value is -2.63. The summed E-state index contributed by atoms with van der Waals surface area (Å²) in [4.78, 5) is 30.2. The molecule has 2 aromatic heterocycles. The second-order valence-electron chi connectivity index (χ2n) is 7.00. The molecule has 3 rings (SSSR count). The van der Waals surface area contributed by atoms with Gasteiger partial charge in [-0.2, -0.15) is 0 Å². The van der Waals surface area contributed by atoms with Gasteiger partial charge >= 0.3 is 5.97 Å². The van der Waals surface area contributed by atoms with Crippen LogP contribution >= 0.6 is 0 Å². The zero-order valence-electron chi connectivity index (χ0n) is 15.3. The summed E-state index contributed by atoms with van der Waals surface area (Å²) in [6.45, 7) is 5.29. The Labute approximate surface area is 153 Å². The summed E-state index contributed by atoms with van der Waals surface area (Å²) in [6, 6.07) is 7.65. The molecule has 2 aromatic rings. The number of carboxylic acid groups (broad SMARTS) is 1. The quantitative estimate of drug-likeness (QED) is 0.894. The van der Waals surface area contributed by atoms with E-state index in [1.54, 1.807) is 6.20 Å². The van der Waals surface area contributed by atoms with Gasteiger partial charge in [0.1, 0.15) is 5.82 Å². The fourth-order valence-electron chi connectivity index (χ4n) is 3.80. The highest BCUT2D eigenvalue weighted by atomic mass is 16.4. The molecule has 1 aliphatic rings. The minimum Gasteiger partial charge on any atom is -0.481 e. The molecule has 1 amide bonds. The number of aryl methyl sites for hydroxylation is 1. The molecule has 1 saturated heterocycles. The van der Waals surface area contributed by atoms with Crippen LogP contribution in [0.3, 0.4) is 0 Å². The third-order valence-corrected chi connectivity index (χ3v) is 5.11. The number of aromatic nitrogens is 2. The van der Waals surface area contributed by atoms with Crippen molar-refractivity contribution in [2.75, 3.05) is 13.1 Å². The van der Waals surface area contributed by atoms with Crippen LogP contribution in [0.2, 0.25) is 0 Å². The SMILES string of the molecule is Cc1cc(C(=O)N2CCCC(CCC(=O)O)C2)c(C)n1-c1ccccn1. The molecule has 6 heteroatoms. The smallest absolute Gasteiger partial charge is 0.303 e. The third-order valence-electron chi connectivity index (χ3n) is 5.11. The van der Waals surface area contributed by atoms with Crippen LogP contribution in [0.4, 0.5) is 0 Å². The van der Waals surface area contributed by atoms with Crippen molar-refractivity contribution in [3.63, 3.8) is 0 Å². The van der Waals surface area contributed by atoms with Crippen LogP contribution in [0.15, 0.2) is 30.5 Å². The number of piperidine rings is 1. The van der Waals surface area contributed by atoms with Gasteiger partial charge in [-0.15, -0.1) is 0 Å². The lowest BCUT2D eigenvalue weighted by molar-refractivity contribution is -0.137. The van der Waals surface area contributed by atoms with Gasteiger partial charge in [-0.3, -0.25) is 9.59 Å². The number of pyridine rings is 1. The molecule has 138 valence electrons. The summed E-state index contributed by atoms with van der Waals surface area (Å²) in [5, 5.41) is 8.89. The Morgan fingerprint density at radius 2 is 2.12 bits per heavy atom. The molecule has 1 fully saturated rings. The van der Waals surface area contributed by atoms with Crippen molar-refractivity contribution in [2.45, 2.75) is 39.5 Å². The van der Waals surface area contributed by atoms with Crippen molar-refractivity contribution in [2.24, 2.45) is 5.92 Å². The van der Waals surface area contributed by atoms with E-state index in [2.05, 4.69) is 4.98 Å². The van der Waals surface area contributed by atoms with E-state index in [0.29, 0.717) is 18.5 Å². The van der Waals surface area contributed by atoms with Crippen LogP contribution in [0.1, 0.15) is 47.4 Å². The number of hydrogen-bond donors (Lipinski definition) is 1. The summed E-state index contributed by atoms with van der Waals surface area (Å²) in [5.41, 5.74) is 2.56. The van der Waals surface area contributed by atoms with Gasteiger partial charge in [0, 0.05) is 37.1 Å². The molecule has 1 atom stereocenters. The molecule has 0 aromatic carbocycles. The van der Waals surface area contributed by atoms with Crippen molar-refractivity contribution < 1.29 is 14.7 Å². The van der Waals surface area contributed by atoms with Gasteiger partial charge in [-0.25, -0.2) is 4.98 Å². The molecular formula is C20H25N3O3. The number of carboxylic acids is 1. The number of rotatable bonds is 5. The highest BCUT2D eigenvalue weighted by Gasteiger charge is 2.27. The van der Waals surface area contributed by atoms with Gasteiger partial charge in [0.25, 0.3) is 5.91 Å². The maximum atomic E-state index is 13.1. The van der Waals surface area contributed by atoms with E-state index in [1.165, 1.54) is 0 Å². The molecule has 0 aliphatic carbocycles. The number of nitrogens with zero attached hydrogens (tertiary/aromatic N) is 3. The molecular weight excluding hydrogens is 330 g/mol. The van der Waals surface area contributed by atoms with Crippen molar-refractivity contribution in [1.29, 1.82) is 0 Å². The van der Waals surface area contributed by atoms with Crippen molar-refractivity contribution in [3.8, 4) is 5.82 Å². The first-order valence-electron chi connectivity index (χ1n) is 9.08. The fourth-order valence-corrected chi connectivity index (χ4v) is 3.80. The van der Waals surface area contributed by atoms with E-state index in [-0.39, 0.29) is 18.2 Å². The second kappa shape index (κ2) is 7.72. The monoisotopic (exact) mass is 355 g/mol. The van der Waals surface area contributed by atoms with Gasteiger partial charge in [-0.05, 0) is 57.2 Å². The van der Waals surface area contributed by atoms with E-state index in [9.17, 15) is 9.59 Å². The largest absolute Gasteiger partial charge is 0.481 e. The number of carbonyl (C=O) groups excluding carboxylic acids is 1. The van der Waals surface area contributed by atoms with E-state index in [4.69, 9.17) is 5.11 Å². The molecule has 1 N–H and O–H groups in total. The number of amides is 1. The van der Waals surface area contributed by atoms with Crippen LogP contribution in [-0.2, 0) is 4.79 Å². The summed E-state index contributed by atoms with van der Waals surface area (Å²) >= 11 is 0. The molecule has 0 radical (unpaired) electrons. The number of hydrogen-bond acceptors (Lipinski definition) is 3. The van der Waals surface area contributed by atoms with Crippen molar-refractivity contribution in [3.05, 3.63) is 47.4 Å². The number of aliphatic carboxylic acids is 1. The molecule has 3 heterocycles. The van der Waals surface area contributed by atoms with E-state index >= 15 is 0 Å².